The smallest absolute Gasteiger partial charge is 0.218 e. The Bertz CT molecular complexity index is 976. The third kappa shape index (κ3) is 3.12. The third-order valence-electron chi connectivity index (χ3n) is 5.73. The van der Waals surface area contributed by atoms with Gasteiger partial charge in [0.25, 0.3) is 0 Å². The summed E-state index contributed by atoms with van der Waals surface area (Å²) in [6, 6.07) is 5.10. The van der Waals surface area contributed by atoms with Gasteiger partial charge in [0.15, 0.2) is 5.82 Å². The van der Waals surface area contributed by atoms with Gasteiger partial charge in [0.2, 0.25) is 5.88 Å². The third-order valence-corrected chi connectivity index (χ3v) is 5.73. The highest BCUT2D eigenvalue weighted by Gasteiger charge is 2.37. The van der Waals surface area contributed by atoms with E-state index in [0.29, 0.717) is 18.0 Å². The molecule has 2 fully saturated rings. The molecule has 1 aliphatic carbocycles. The number of hydrogen-bond acceptors (Lipinski definition) is 7. The molecule has 0 unspecified atom stereocenters. The van der Waals surface area contributed by atoms with E-state index in [1.54, 1.807) is 19.8 Å². The van der Waals surface area contributed by atoms with E-state index in [0.717, 1.165) is 54.3 Å². The molecule has 0 aromatic carbocycles. The molecule has 4 heterocycles. The van der Waals surface area contributed by atoms with Crippen LogP contribution in [0.2, 0.25) is 0 Å². The van der Waals surface area contributed by atoms with Crippen LogP contribution in [0.4, 0.5) is 11.6 Å². The van der Waals surface area contributed by atoms with E-state index in [1.807, 2.05) is 6.07 Å². The molecule has 0 spiro atoms. The lowest BCUT2D eigenvalue weighted by molar-refractivity contribution is 0.395. The molecule has 8 nitrogen and oxygen atoms in total. The van der Waals surface area contributed by atoms with Crippen LogP contribution in [0.5, 0.6) is 5.88 Å². The Hall–Kier alpha value is -2.90. The summed E-state index contributed by atoms with van der Waals surface area (Å²) in [5.41, 5.74) is 3.14. The van der Waals surface area contributed by atoms with Gasteiger partial charge in [-0.3, -0.25) is 0 Å². The van der Waals surface area contributed by atoms with E-state index in [-0.39, 0.29) is 0 Å². The van der Waals surface area contributed by atoms with Crippen molar-refractivity contribution < 1.29 is 4.74 Å². The Morgan fingerprint density at radius 2 is 1.75 bits per heavy atom. The molecule has 1 saturated heterocycles. The van der Waals surface area contributed by atoms with Gasteiger partial charge in [-0.1, -0.05) is 0 Å². The van der Waals surface area contributed by atoms with E-state index in [9.17, 15) is 0 Å². The normalized spacial score (nSPS) is 17.9. The molecule has 3 aromatic heterocycles. The van der Waals surface area contributed by atoms with Crippen LogP contribution in [-0.4, -0.2) is 57.2 Å². The number of aryl methyl sites for hydroxylation is 1. The first kappa shape index (κ1) is 17.2. The molecule has 2 aliphatic rings. The van der Waals surface area contributed by atoms with Gasteiger partial charge in [-0.05, 0) is 38.7 Å². The fraction of sp³-hybridized carbons (Fsp3) is 0.500. The average Bonchev–Trinajstić information content (AvgIpc) is 3.48. The molecule has 28 heavy (non-hydrogen) atoms. The number of aromatic amines is 1. The van der Waals surface area contributed by atoms with Crippen molar-refractivity contribution in [3.63, 3.8) is 0 Å². The number of aromatic nitrogens is 5. The standard InChI is InChI=1S/C20H25N7O/c1-13-9-16-19(25-13)20(24-11-21-16)26-7-5-15(6-8-26)27(14-3-4-14)17-10-18(28-2)23-12-22-17/h9-12,14-15,25H,3-8H2,1-2H3. The molecule has 0 amide bonds. The minimum absolute atomic E-state index is 0.478. The first-order chi connectivity index (χ1) is 13.7. The topological polar surface area (TPSA) is 83.1 Å². The van der Waals surface area contributed by atoms with Crippen LogP contribution in [0.25, 0.3) is 11.0 Å². The van der Waals surface area contributed by atoms with Crippen molar-refractivity contribution in [3.8, 4) is 5.88 Å². The zero-order chi connectivity index (χ0) is 19.1. The first-order valence-electron chi connectivity index (χ1n) is 9.92. The average molecular weight is 379 g/mol. The predicted octanol–water partition coefficient (Wildman–Crippen LogP) is 2.70. The summed E-state index contributed by atoms with van der Waals surface area (Å²) in [4.78, 5) is 26.0. The first-order valence-corrected chi connectivity index (χ1v) is 9.92. The molecule has 146 valence electrons. The van der Waals surface area contributed by atoms with Crippen molar-refractivity contribution in [1.82, 2.24) is 24.9 Å². The molecule has 1 aliphatic heterocycles. The summed E-state index contributed by atoms with van der Waals surface area (Å²) < 4.78 is 5.31. The van der Waals surface area contributed by atoms with E-state index < -0.39 is 0 Å². The number of rotatable bonds is 5. The predicted molar refractivity (Wildman–Crippen MR) is 108 cm³/mol. The van der Waals surface area contributed by atoms with Crippen molar-refractivity contribution in [1.29, 1.82) is 0 Å². The molecule has 1 N–H and O–H groups in total. The van der Waals surface area contributed by atoms with E-state index in [2.05, 4.69) is 47.7 Å². The molecule has 0 atom stereocenters. The fourth-order valence-corrected chi connectivity index (χ4v) is 4.26. The largest absolute Gasteiger partial charge is 0.481 e. The van der Waals surface area contributed by atoms with Gasteiger partial charge in [-0.15, -0.1) is 0 Å². The van der Waals surface area contributed by atoms with Crippen molar-refractivity contribution in [2.24, 2.45) is 0 Å². The summed E-state index contributed by atoms with van der Waals surface area (Å²) in [5.74, 6) is 2.62. The monoisotopic (exact) mass is 379 g/mol. The summed E-state index contributed by atoms with van der Waals surface area (Å²) >= 11 is 0. The minimum atomic E-state index is 0.478. The van der Waals surface area contributed by atoms with Gasteiger partial charge in [0.05, 0.1) is 12.6 Å². The number of hydrogen-bond donors (Lipinski definition) is 1. The van der Waals surface area contributed by atoms with Crippen LogP contribution in [0, 0.1) is 6.92 Å². The Morgan fingerprint density at radius 1 is 1.00 bits per heavy atom. The number of anilines is 2. The number of H-pyrrole nitrogens is 1. The van der Waals surface area contributed by atoms with E-state index in [4.69, 9.17) is 4.74 Å². The molecule has 0 radical (unpaired) electrons. The Kier molecular flexibility index (Phi) is 4.26. The number of ether oxygens (including phenoxy) is 1. The summed E-state index contributed by atoms with van der Waals surface area (Å²) in [7, 11) is 1.65. The SMILES string of the molecule is COc1cc(N(C2CC2)C2CCN(c3ncnc4cc(C)[nH]c34)CC2)ncn1. The molecule has 5 rings (SSSR count). The maximum Gasteiger partial charge on any atom is 0.218 e. The summed E-state index contributed by atoms with van der Waals surface area (Å²) in [6.45, 7) is 4.00. The number of fused-ring (bicyclic) bond motifs is 1. The Balaban J connectivity index is 1.35. The van der Waals surface area contributed by atoms with Crippen LogP contribution in [-0.2, 0) is 0 Å². The molecule has 1 saturated carbocycles. The van der Waals surface area contributed by atoms with Gasteiger partial charge in [-0.2, -0.15) is 0 Å². The lowest BCUT2D eigenvalue weighted by Crippen LogP contribution is -2.46. The quantitative estimate of drug-likeness (QED) is 0.730. The second kappa shape index (κ2) is 6.92. The zero-order valence-corrected chi connectivity index (χ0v) is 16.3. The molecule has 0 bridgehead atoms. The van der Waals surface area contributed by atoms with Crippen LogP contribution in [0.3, 0.4) is 0 Å². The van der Waals surface area contributed by atoms with Gasteiger partial charge >= 0.3 is 0 Å². The molecule has 8 heteroatoms. The highest BCUT2D eigenvalue weighted by molar-refractivity contribution is 5.86. The van der Waals surface area contributed by atoms with Crippen molar-refractivity contribution in [3.05, 3.63) is 30.5 Å². The van der Waals surface area contributed by atoms with Crippen LogP contribution < -0.4 is 14.5 Å². The fourth-order valence-electron chi connectivity index (χ4n) is 4.26. The van der Waals surface area contributed by atoms with Crippen molar-refractivity contribution >= 4 is 22.7 Å². The number of nitrogens with zero attached hydrogens (tertiary/aromatic N) is 6. The van der Waals surface area contributed by atoms with Crippen LogP contribution in [0.1, 0.15) is 31.4 Å². The number of methoxy groups -OCH3 is 1. The van der Waals surface area contributed by atoms with Crippen LogP contribution >= 0.6 is 0 Å². The van der Waals surface area contributed by atoms with Crippen molar-refractivity contribution in [2.75, 3.05) is 30.0 Å². The second-order valence-electron chi connectivity index (χ2n) is 7.69. The Labute approximate surface area is 164 Å². The lowest BCUT2D eigenvalue weighted by atomic mass is 10.0. The maximum atomic E-state index is 5.31. The highest BCUT2D eigenvalue weighted by Crippen LogP contribution is 2.36. The molecular weight excluding hydrogens is 354 g/mol. The van der Waals surface area contributed by atoms with E-state index >= 15 is 0 Å². The zero-order valence-electron chi connectivity index (χ0n) is 16.3. The van der Waals surface area contributed by atoms with Gasteiger partial charge < -0.3 is 19.5 Å². The highest BCUT2D eigenvalue weighted by atomic mass is 16.5. The summed E-state index contributed by atoms with van der Waals surface area (Å²) in [6.07, 6.45) is 7.90. The number of piperidine rings is 1. The Morgan fingerprint density at radius 3 is 2.50 bits per heavy atom. The minimum Gasteiger partial charge on any atom is -0.481 e. The van der Waals surface area contributed by atoms with Gasteiger partial charge in [0.1, 0.15) is 24.0 Å². The van der Waals surface area contributed by atoms with Crippen LogP contribution in [0.15, 0.2) is 24.8 Å². The van der Waals surface area contributed by atoms with E-state index in [1.165, 1.54) is 12.8 Å². The van der Waals surface area contributed by atoms with Crippen molar-refractivity contribution in [2.45, 2.75) is 44.7 Å². The maximum absolute atomic E-state index is 5.31. The lowest BCUT2D eigenvalue weighted by Gasteiger charge is -2.39. The van der Waals surface area contributed by atoms with Gasteiger partial charge in [0, 0.05) is 36.9 Å². The molecular formula is C20H25N7O. The van der Waals surface area contributed by atoms with Gasteiger partial charge in [-0.25, -0.2) is 19.9 Å². The number of nitrogens with one attached hydrogen (secondary N) is 1. The second-order valence-corrected chi connectivity index (χ2v) is 7.69. The molecule has 3 aromatic rings. The summed E-state index contributed by atoms with van der Waals surface area (Å²) in [5, 5.41) is 0.